The first kappa shape index (κ1) is 19.7. The SMILES string of the molecule is CCCN(CC(=O)O)c1ccc(S(=O)(=O)N(CC)c2ccccc2)cn1. The van der Waals surface area contributed by atoms with Crippen LogP contribution in [0.4, 0.5) is 11.5 Å². The van der Waals surface area contributed by atoms with Gasteiger partial charge in [0.05, 0.1) is 5.69 Å². The number of pyridine rings is 1. The molecule has 1 aromatic carbocycles. The van der Waals surface area contributed by atoms with E-state index >= 15 is 0 Å². The van der Waals surface area contributed by atoms with Gasteiger partial charge in [0.1, 0.15) is 17.3 Å². The van der Waals surface area contributed by atoms with Crippen molar-refractivity contribution >= 4 is 27.5 Å². The fourth-order valence-electron chi connectivity index (χ4n) is 2.63. The summed E-state index contributed by atoms with van der Waals surface area (Å²) in [7, 11) is -3.75. The second kappa shape index (κ2) is 8.66. The molecule has 0 aliphatic heterocycles. The number of sulfonamides is 1. The number of hydrogen-bond acceptors (Lipinski definition) is 5. The minimum atomic E-state index is -3.75. The van der Waals surface area contributed by atoms with Crippen molar-refractivity contribution in [2.45, 2.75) is 25.2 Å². The second-order valence-electron chi connectivity index (χ2n) is 5.67. The van der Waals surface area contributed by atoms with Crippen molar-refractivity contribution in [3.63, 3.8) is 0 Å². The molecule has 1 aromatic heterocycles. The van der Waals surface area contributed by atoms with Crippen LogP contribution in [0.25, 0.3) is 0 Å². The van der Waals surface area contributed by atoms with Crippen LogP contribution in [-0.4, -0.2) is 44.1 Å². The molecule has 0 aliphatic carbocycles. The van der Waals surface area contributed by atoms with Gasteiger partial charge in [0.2, 0.25) is 0 Å². The van der Waals surface area contributed by atoms with Gasteiger partial charge in [-0.05, 0) is 37.6 Å². The first-order valence-corrected chi connectivity index (χ1v) is 9.84. The van der Waals surface area contributed by atoms with Gasteiger partial charge in [-0.2, -0.15) is 0 Å². The number of carboxylic acid groups (broad SMARTS) is 1. The van der Waals surface area contributed by atoms with Gasteiger partial charge in [0.25, 0.3) is 10.0 Å². The van der Waals surface area contributed by atoms with Crippen molar-refractivity contribution < 1.29 is 18.3 Å². The number of aromatic nitrogens is 1. The number of hydrogen-bond donors (Lipinski definition) is 1. The van der Waals surface area contributed by atoms with Crippen LogP contribution < -0.4 is 9.21 Å². The summed E-state index contributed by atoms with van der Waals surface area (Å²) >= 11 is 0. The molecule has 0 aliphatic rings. The Hall–Kier alpha value is -2.61. The van der Waals surface area contributed by atoms with Crippen molar-refractivity contribution in [1.29, 1.82) is 0 Å². The zero-order valence-electron chi connectivity index (χ0n) is 14.9. The molecule has 7 nitrogen and oxygen atoms in total. The molecule has 0 saturated heterocycles. The molecule has 2 rings (SSSR count). The predicted octanol–water partition coefficient (Wildman–Crippen LogP) is 2.60. The van der Waals surface area contributed by atoms with Crippen LogP contribution in [0, 0.1) is 0 Å². The number of benzene rings is 1. The van der Waals surface area contributed by atoms with Gasteiger partial charge in [-0.1, -0.05) is 25.1 Å². The topological polar surface area (TPSA) is 90.8 Å². The third-order valence-electron chi connectivity index (χ3n) is 3.78. The van der Waals surface area contributed by atoms with Gasteiger partial charge in [-0.3, -0.25) is 9.10 Å². The van der Waals surface area contributed by atoms with Gasteiger partial charge < -0.3 is 10.0 Å². The van der Waals surface area contributed by atoms with Crippen LogP contribution in [0.5, 0.6) is 0 Å². The van der Waals surface area contributed by atoms with Crippen LogP contribution >= 0.6 is 0 Å². The van der Waals surface area contributed by atoms with E-state index in [2.05, 4.69) is 4.98 Å². The molecular weight excluding hydrogens is 354 g/mol. The number of carbonyl (C=O) groups is 1. The quantitative estimate of drug-likeness (QED) is 0.722. The van der Waals surface area contributed by atoms with Crippen molar-refractivity contribution in [3.05, 3.63) is 48.7 Å². The van der Waals surface area contributed by atoms with Crippen LogP contribution in [0.15, 0.2) is 53.6 Å². The highest BCUT2D eigenvalue weighted by molar-refractivity contribution is 7.92. The van der Waals surface area contributed by atoms with E-state index in [0.717, 1.165) is 6.42 Å². The standard InChI is InChI=1S/C18H23N3O4S/c1-3-12-20(14-18(22)23)17-11-10-16(13-19-17)26(24,25)21(4-2)15-8-6-5-7-9-15/h5-11,13H,3-4,12,14H2,1-2H3,(H,22,23). The molecule has 0 atom stereocenters. The summed E-state index contributed by atoms with van der Waals surface area (Å²) in [4.78, 5) is 16.9. The highest BCUT2D eigenvalue weighted by Gasteiger charge is 2.24. The van der Waals surface area contributed by atoms with Crippen molar-refractivity contribution in [3.8, 4) is 0 Å². The molecule has 2 aromatic rings. The second-order valence-corrected chi connectivity index (χ2v) is 7.54. The van der Waals surface area contributed by atoms with E-state index in [9.17, 15) is 13.2 Å². The molecule has 26 heavy (non-hydrogen) atoms. The smallest absolute Gasteiger partial charge is 0.323 e. The van der Waals surface area contributed by atoms with Crippen LogP contribution in [0.1, 0.15) is 20.3 Å². The minimum Gasteiger partial charge on any atom is -0.480 e. The lowest BCUT2D eigenvalue weighted by molar-refractivity contribution is -0.135. The third kappa shape index (κ3) is 4.51. The van der Waals surface area contributed by atoms with Crippen LogP contribution in [0.2, 0.25) is 0 Å². The Balaban J connectivity index is 2.31. The number of nitrogens with zero attached hydrogens (tertiary/aromatic N) is 3. The van der Waals surface area contributed by atoms with Gasteiger partial charge in [0, 0.05) is 19.3 Å². The maximum Gasteiger partial charge on any atom is 0.323 e. The van der Waals surface area contributed by atoms with Gasteiger partial charge in [0.15, 0.2) is 0 Å². The average Bonchev–Trinajstić information content (AvgIpc) is 2.62. The zero-order valence-corrected chi connectivity index (χ0v) is 15.7. The molecule has 140 valence electrons. The number of para-hydroxylation sites is 1. The Morgan fingerprint density at radius 3 is 2.31 bits per heavy atom. The van der Waals surface area contributed by atoms with Crippen molar-refractivity contribution in [2.24, 2.45) is 0 Å². The maximum atomic E-state index is 12.9. The molecule has 0 spiro atoms. The van der Waals surface area contributed by atoms with Crippen molar-refractivity contribution in [1.82, 2.24) is 4.98 Å². The maximum absolute atomic E-state index is 12.9. The molecule has 1 N–H and O–H groups in total. The number of aliphatic carboxylic acids is 1. The monoisotopic (exact) mass is 377 g/mol. The van der Waals surface area contributed by atoms with E-state index in [1.54, 1.807) is 42.2 Å². The predicted molar refractivity (Wildman–Crippen MR) is 101 cm³/mol. The zero-order chi connectivity index (χ0) is 19.2. The molecule has 0 amide bonds. The van der Waals surface area contributed by atoms with Crippen molar-refractivity contribution in [2.75, 3.05) is 28.8 Å². The lowest BCUT2D eigenvalue weighted by atomic mass is 10.3. The average molecular weight is 377 g/mol. The molecule has 1 heterocycles. The largest absolute Gasteiger partial charge is 0.480 e. The molecule has 0 unspecified atom stereocenters. The van der Waals surface area contributed by atoms with E-state index in [0.29, 0.717) is 18.1 Å². The first-order chi connectivity index (χ1) is 12.4. The summed E-state index contributed by atoms with van der Waals surface area (Å²) in [5.74, 6) is -0.519. The van der Waals surface area contributed by atoms with Gasteiger partial charge in [-0.25, -0.2) is 13.4 Å². The lowest BCUT2D eigenvalue weighted by Crippen LogP contribution is -2.32. The fraction of sp³-hybridized carbons (Fsp3) is 0.333. The van der Waals surface area contributed by atoms with Crippen LogP contribution in [0.3, 0.4) is 0 Å². The molecule has 0 saturated carbocycles. The van der Waals surface area contributed by atoms with E-state index < -0.39 is 16.0 Å². The fourth-order valence-corrected chi connectivity index (χ4v) is 4.05. The van der Waals surface area contributed by atoms with E-state index in [-0.39, 0.29) is 18.0 Å². The molecule has 0 radical (unpaired) electrons. The number of carboxylic acids is 1. The summed E-state index contributed by atoms with van der Waals surface area (Å²) in [6.07, 6.45) is 2.04. The summed E-state index contributed by atoms with van der Waals surface area (Å²) < 4.78 is 27.2. The summed E-state index contributed by atoms with van der Waals surface area (Å²) in [5.41, 5.74) is 0.581. The number of anilines is 2. The van der Waals surface area contributed by atoms with Crippen LogP contribution in [-0.2, 0) is 14.8 Å². The Bertz CT molecular complexity index is 823. The molecule has 0 bridgehead atoms. The lowest BCUT2D eigenvalue weighted by Gasteiger charge is -2.24. The molecular formula is C18H23N3O4S. The Kier molecular flexibility index (Phi) is 6.57. The minimum absolute atomic E-state index is 0.0683. The Morgan fingerprint density at radius 1 is 1.12 bits per heavy atom. The summed E-state index contributed by atoms with van der Waals surface area (Å²) in [6.45, 7) is 4.33. The Morgan fingerprint density at radius 2 is 1.81 bits per heavy atom. The van der Waals surface area contributed by atoms with E-state index in [1.807, 2.05) is 13.0 Å². The summed E-state index contributed by atoms with van der Waals surface area (Å²) in [5, 5.41) is 9.01. The first-order valence-electron chi connectivity index (χ1n) is 8.40. The highest BCUT2D eigenvalue weighted by Crippen LogP contribution is 2.24. The molecule has 8 heteroatoms. The van der Waals surface area contributed by atoms with Gasteiger partial charge in [-0.15, -0.1) is 0 Å². The number of rotatable bonds is 9. The van der Waals surface area contributed by atoms with Gasteiger partial charge >= 0.3 is 5.97 Å². The normalized spacial score (nSPS) is 11.2. The van der Waals surface area contributed by atoms with E-state index in [4.69, 9.17) is 5.11 Å². The third-order valence-corrected chi connectivity index (χ3v) is 5.67. The van der Waals surface area contributed by atoms with E-state index in [1.165, 1.54) is 16.6 Å². The highest BCUT2D eigenvalue weighted by atomic mass is 32.2. The Labute approximate surface area is 153 Å². The summed E-state index contributed by atoms with van der Waals surface area (Å²) in [6, 6.07) is 11.9. The molecule has 0 fully saturated rings.